The molecule has 1 N–H and O–H groups in total. The molecule has 7 heteroatoms. The molecule has 4 rings (SSSR count). The first kappa shape index (κ1) is 20.7. The minimum Gasteiger partial charge on any atom is -0.497 e. The SMILES string of the molecule is COc1cccc([C@@H]2NC(=O)N(C)C3=C2C(=O)N(CCCN2CCCC[C@@H]2C)C3)c1. The molecule has 1 fully saturated rings. The Labute approximate surface area is 178 Å². The van der Waals surface area contributed by atoms with E-state index in [4.69, 9.17) is 4.74 Å². The Kier molecular flexibility index (Phi) is 5.99. The fourth-order valence-electron chi connectivity index (χ4n) is 4.83. The zero-order valence-electron chi connectivity index (χ0n) is 18.2. The topological polar surface area (TPSA) is 65.1 Å². The normalized spacial score (nSPS) is 24.9. The minimum absolute atomic E-state index is 0.0244. The summed E-state index contributed by atoms with van der Waals surface area (Å²) in [6, 6.07) is 7.56. The van der Waals surface area contributed by atoms with Crippen LogP contribution in [0.3, 0.4) is 0 Å². The largest absolute Gasteiger partial charge is 0.497 e. The standard InChI is InChI=1S/C23H32N4O3/c1-16-8-4-5-11-26(16)12-7-13-27-15-19-20(22(27)28)21(24-23(29)25(19)2)17-9-6-10-18(14-17)30-3/h6,9-10,14,16,21H,4-5,7-8,11-13,15H2,1-3H3,(H,24,29)/t16-,21-/m0/s1. The Hall–Kier alpha value is -2.54. The molecule has 30 heavy (non-hydrogen) atoms. The van der Waals surface area contributed by atoms with Crippen molar-refractivity contribution < 1.29 is 14.3 Å². The summed E-state index contributed by atoms with van der Waals surface area (Å²) >= 11 is 0. The summed E-state index contributed by atoms with van der Waals surface area (Å²) in [6.07, 6.45) is 4.80. The first-order valence-corrected chi connectivity index (χ1v) is 10.9. The van der Waals surface area contributed by atoms with E-state index < -0.39 is 6.04 Å². The zero-order valence-corrected chi connectivity index (χ0v) is 18.2. The molecule has 0 unspecified atom stereocenters. The number of urea groups is 1. The van der Waals surface area contributed by atoms with E-state index in [1.165, 1.54) is 19.3 Å². The van der Waals surface area contributed by atoms with Gasteiger partial charge >= 0.3 is 6.03 Å². The fraction of sp³-hybridized carbons (Fsp3) is 0.565. The van der Waals surface area contributed by atoms with Gasteiger partial charge in [0.25, 0.3) is 5.91 Å². The monoisotopic (exact) mass is 412 g/mol. The van der Waals surface area contributed by atoms with Gasteiger partial charge in [-0.05, 0) is 50.4 Å². The molecular formula is C23H32N4O3. The van der Waals surface area contributed by atoms with Crippen molar-refractivity contribution in [2.75, 3.05) is 40.3 Å². The van der Waals surface area contributed by atoms with Crippen LogP contribution in [0, 0.1) is 0 Å². The number of piperidine rings is 1. The maximum Gasteiger partial charge on any atom is 0.322 e. The molecule has 0 saturated carbocycles. The molecule has 162 valence electrons. The van der Waals surface area contributed by atoms with Crippen molar-refractivity contribution in [3.8, 4) is 5.75 Å². The van der Waals surface area contributed by atoms with Gasteiger partial charge in [-0.3, -0.25) is 9.69 Å². The molecule has 1 aromatic rings. The lowest BCUT2D eigenvalue weighted by molar-refractivity contribution is -0.125. The predicted molar refractivity (Wildman–Crippen MR) is 115 cm³/mol. The molecule has 3 heterocycles. The molecule has 3 amide bonds. The number of amides is 3. The predicted octanol–water partition coefficient (Wildman–Crippen LogP) is 2.75. The Bertz CT molecular complexity index is 853. The lowest BCUT2D eigenvalue weighted by Crippen LogP contribution is -2.45. The van der Waals surface area contributed by atoms with E-state index >= 15 is 0 Å². The highest BCUT2D eigenvalue weighted by atomic mass is 16.5. The van der Waals surface area contributed by atoms with Gasteiger partial charge < -0.3 is 19.9 Å². The van der Waals surface area contributed by atoms with E-state index in [9.17, 15) is 9.59 Å². The van der Waals surface area contributed by atoms with Crippen molar-refractivity contribution in [3.05, 3.63) is 41.1 Å². The van der Waals surface area contributed by atoms with Crippen LogP contribution in [0.1, 0.15) is 44.2 Å². The number of carbonyl (C=O) groups excluding carboxylic acids is 2. The molecule has 3 aliphatic heterocycles. The van der Waals surface area contributed by atoms with Crippen LogP contribution in [0.4, 0.5) is 4.79 Å². The highest BCUT2D eigenvalue weighted by molar-refractivity contribution is 6.01. The molecule has 0 spiro atoms. The van der Waals surface area contributed by atoms with E-state index in [2.05, 4.69) is 17.1 Å². The van der Waals surface area contributed by atoms with Gasteiger partial charge in [-0.15, -0.1) is 0 Å². The van der Waals surface area contributed by atoms with Gasteiger partial charge in [0.05, 0.1) is 31.0 Å². The van der Waals surface area contributed by atoms with Gasteiger partial charge in [0.2, 0.25) is 0 Å². The first-order valence-electron chi connectivity index (χ1n) is 10.9. The van der Waals surface area contributed by atoms with Crippen LogP contribution in [0.15, 0.2) is 35.5 Å². The summed E-state index contributed by atoms with van der Waals surface area (Å²) in [6.45, 7) is 5.67. The Balaban J connectivity index is 1.48. The molecule has 7 nitrogen and oxygen atoms in total. The van der Waals surface area contributed by atoms with Crippen LogP contribution in [0.5, 0.6) is 5.75 Å². The van der Waals surface area contributed by atoms with Gasteiger partial charge in [-0.25, -0.2) is 4.79 Å². The van der Waals surface area contributed by atoms with Crippen molar-refractivity contribution >= 4 is 11.9 Å². The molecule has 0 aliphatic carbocycles. The van der Waals surface area contributed by atoms with E-state index in [1.807, 2.05) is 29.2 Å². The number of likely N-dealkylation sites (tertiary alicyclic amines) is 1. The van der Waals surface area contributed by atoms with E-state index in [0.717, 1.165) is 30.8 Å². The molecular weight excluding hydrogens is 380 g/mol. The number of carbonyl (C=O) groups is 2. The second kappa shape index (κ2) is 8.68. The van der Waals surface area contributed by atoms with Crippen LogP contribution in [-0.2, 0) is 4.79 Å². The Morgan fingerprint density at radius 2 is 2.03 bits per heavy atom. The van der Waals surface area contributed by atoms with Gasteiger partial charge in [-0.2, -0.15) is 0 Å². The van der Waals surface area contributed by atoms with Gasteiger partial charge in [0, 0.05) is 26.2 Å². The first-order chi connectivity index (χ1) is 14.5. The van der Waals surface area contributed by atoms with Gasteiger partial charge in [0.1, 0.15) is 5.75 Å². The quantitative estimate of drug-likeness (QED) is 0.780. The Morgan fingerprint density at radius 1 is 1.20 bits per heavy atom. The third-order valence-electron chi connectivity index (χ3n) is 6.68. The summed E-state index contributed by atoms with van der Waals surface area (Å²) in [4.78, 5) is 31.9. The second-order valence-electron chi connectivity index (χ2n) is 8.54. The molecule has 0 radical (unpaired) electrons. The van der Waals surface area contributed by atoms with E-state index in [0.29, 0.717) is 30.5 Å². The summed E-state index contributed by atoms with van der Waals surface area (Å²) < 4.78 is 5.33. The minimum atomic E-state index is -0.446. The second-order valence-corrected chi connectivity index (χ2v) is 8.54. The number of hydrogen-bond donors (Lipinski definition) is 1. The maximum absolute atomic E-state index is 13.3. The number of ether oxygens (including phenoxy) is 1. The van der Waals surface area contributed by atoms with Crippen LogP contribution >= 0.6 is 0 Å². The number of methoxy groups -OCH3 is 1. The van der Waals surface area contributed by atoms with Crippen LogP contribution in [0.25, 0.3) is 0 Å². The molecule has 0 aromatic heterocycles. The number of likely N-dealkylation sites (N-methyl/N-ethyl adjacent to an activating group) is 1. The third-order valence-corrected chi connectivity index (χ3v) is 6.68. The summed E-state index contributed by atoms with van der Waals surface area (Å²) in [5.41, 5.74) is 2.35. The average Bonchev–Trinajstić information content (AvgIpc) is 3.09. The smallest absolute Gasteiger partial charge is 0.322 e. The van der Waals surface area contributed by atoms with Crippen LogP contribution < -0.4 is 10.1 Å². The highest BCUT2D eigenvalue weighted by Gasteiger charge is 2.42. The molecule has 0 bridgehead atoms. The maximum atomic E-state index is 13.3. The lowest BCUT2D eigenvalue weighted by Gasteiger charge is -2.33. The molecule has 2 atom stereocenters. The summed E-state index contributed by atoms with van der Waals surface area (Å²) in [7, 11) is 3.35. The summed E-state index contributed by atoms with van der Waals surface area (Å²) in [5.74, 6) is 0.733. The number of rotatable bonds is 6. The van der Waals surface area contributed by atoms with Crippen molar-refractivity contribution in [2.45, 2.75) is 44.7 Å². The number of benzene rings is 1. The van der Waals surface area contributed by atoms with Crippen molar-refractivity contribution in [3.63, 3.8) is 0 Å². The van der Waals surface area contributed by atoms with Crippen LogP contribution in [0.2, 0.25) is 0 Å². The van der Waals surface area contributed by atoms with Gasteiger partial charge in [0.15, 0.2) is 0 Å². The molecule has 1 aromatic carbocycles. The van der Waals surface area contributed by atoms with Gasteiger partial charge in [-0.1, -0.05) is 18.6 Å². The van der Waals surface area contributed by atoms with E-state index in [1.54, 1.807) is 19.1 Å². The van der Waals surface area contributed by atoms with Crippen molar-refractivity contribution in [1.29, 1.82) is 0 Å². The average molecular weight is 413 g/mol. The summed E-state index contributed by atoms with van der Waals surface area (Å²) in [5, 5.41) is 2.99. The number of hydrogen-bond acceptors (Lipinski definition) is 4. The van der Waals surface area contributed by atoms with Crippen molar-refractivity contribution in [2.24, 2.45) is 0 Å². The van der Waals surface area contributed by atoms with Crippen LogP contribution in [-0.4, -0.2) is 73.0 Å². The molecule has 1 saturated heterocycles. The van der Waals surface area contributed by atoms with E-state index in [-0.39, 0.29) is 11.9 Å². The lowest BCUT2D eigenvalue weighted by atomic mass is 9.95. The highest BCUT2D eigenvalue weighted by Crippen LogP contribution is 2.36. The van der Waals surface area contributed by atoms with Crippen molar-refractivity contribution in [1.82, 2.24) is 20.0 Å². The third kappa shape index (κ3) is 3.90. The molecule has 3 aliphatic rings. The zero-order chi connectivity index (χ0) is 21.3. The fourth-order valence-corrected chi connectivity index (χ4v) is 4.83. The number of nitrogens with one attached hydrogen (secondary N) is 1. The Morgan fingerprint density at radius 3 is 2.80 bits per heavy atom. The number of nitrogens with zero attached hydrogens (tertiary/aromatic N) is 3.